The second-order valence-electron chi connectivity index (χ2n) is 7.22. The SMILES string of the molecule is COCCOc1ccc(NC(=O)c2cccc(NC(=O)C3CCCCC3)c2)cc1. The van der Waals surface area contributed by atoms with E-state index in [1.54, 1.807) is 49.6 Å². The lowest BCUT2D eigenvalue weighted by Gasteiger charge is -2.20. The standard InChI is InChI=1S/C23H28N2O4/c1-28-14-15-29-21-12-10-19(11-13-21)24-23(27)18-8-5-9-20(16-18)25-22(26)17-6-3-2-4-7-17/h5,8-13,16-17H,2-4,6-7,14-15H2,1H3,(H,24,27)(H,25,26). The van der Waals surface area contributed by atoms with Crippen molar-refractivity contribution in [1.29, 1.82) is 0 Å². The van der Waals surface area contributed by atoms with Gasteiger partial charge in [-0.25, -0.2) is 0 Å². The van der Waals surface area contributed by atoms with Gasteiger partial charge >= 0.3 is 0 Å². The molecule has 6 nitrogen and oxygen atoms in total. The quantitative estimate of drug-likeness (QED) is 0.645. The lowest BCUT2D eigenvalue weighted by molar-refractivity contribution is -0.120. The summed E-state index contributed by atoms with van der Waals surface area (Å²) in [4.78, 5) is 25.0. The molecule has 0 atom stereocenters. The summed E-state index contributed by atoms with van der Waals surface area (Å²) in [6.07, 6.45) is 5.31. The van der Waals surface area contributed by atoms with Crippen LogP contribution in [0.25, 0.3) is 0 Å². The van der Waals surface area contributed by atoms with Crippen molar-refractivity contribution < 1.29 is 19.1 Å². The van der Waals surface area contributed by atoms with E-state index in [4.69, 9.17) is 9.47 Å². The number of ether oxygens (including phenoxy) is 2. The second-order valence-corrected chi connectivity index (χ2v) is 7.22. The zero-order valence-electron chi connectivity index (χ0n) is 16.8. The average molecular weight is 396 g/mol. The molecule has 0 aliphatic heterocycles. The van der Waals surface area contributed by atoms with Crippen molar-refractivity contribution in [2.24, 2.45) is 5.92 Å². The zero-order valence-corrected chi connectivity index (χ0v) is 16.8. The molecule has 2 aromatic rings. The van der Waals surface area contributed by atoms with Crippen molar-refractivity contribution in [3.05, 3.63) is 54.1 Å². The Kier molecular flexibility index (Phi) is 7.64. The summed E-state index contributed by atoms with van der Waals surface area (Å²) in [6.45, 7) is 0.994. The first-order chi connectivity index (χ1) is 14.2. The van der Waals surface area contributed by atoms with Crippen LogP contribution in [-0.2, 0) is 9.53 Å². The number of rotatable bonds is 8. The predicted octanol–water partition coefficient (Wildman–Crippen LogP) is 4.48. The van der Waals surface area contributed by atoms with Crippen LogP contribution < -0.4 is 15.4 Å². The molecule has 154 valence electrons. The molecule has 3 rings (SSSR count). The smallest absolute Gasteiger partial charge is 0.255 e. The summed E-state index contributed by atoms with van der Waals surface area (Å²) < 4.78 is 10.5. The van der Waals surface area contributed by atoms with E-state index in [0.29, 0.717) is 35.9 Å². The van der Waals surface area contributed by atoms with E-state index in [2.05, 4.69) is 10.6 Å². The molecule has 0 unspecified atom stereocenters. The number of hydrogen-bond donors (Lipinski definition) is 2. The fourth-order valence-corrected chi connectivity index (χ4v) is 3.43. The van der Waals surface area contributed by atoms with E-state index in [9.17, 15) is 9.59 Å². The molecule has 1 aliphatic rings. The van der Waals surface area contributed by atoms with Crippen LogP contribution in [0, 0.1) is 5.92 Å². The van der Waals surface area contributed by atoms with Crippen LogP contribution in [0.15, 0.2) is 48.5 Å². The number of carbonyl (C=O) groups excluding carboxylic acids is 2. The molecule has 6 heteroatoms. The van der Waals surface area contributed by atoms with Gasteiger partial charge in [0, 0.05) is 30.0 Å². The molecule has 0 radical (unpaired) electrons. The highest BCUT2D eigenvalue weighted by Gasteiger charge is 2.21. The first-order valence-corrected chi connectivity index (χ1v) is 10.1. The molecule has 0 bridgehead atoms. The Balaban J connectivity index is 1.56. The highest BCUT2D eigenvalue weighted by molar-refractivity contribution is 6.05. The first kappa shape index (κ1) is 20.9. The minimum absolute atomic E-state index is 0.0475. The molecule has 29 heavy (non-hydrogen) atoms. The van der Waals surface area contributed by atoms with Crippen LogP contribution in [0.3, 0.4) is 0 Å². The molecule has 1 saturated carbocycles. The van der Waals surface area contributed by atoms with Crippen LogP contribution in [0.4, 0.5) is 11.4 Å². The van der Waals surface area contributed by atoms with E-state index < -0.39 is 0 Å². The molecular weight excluding hydrogens is 368 g/mol. The van der Waals surface area contributed by atoms with Crippen LogP contribution in [0.2, 0.25) is 0 Å². The Morgan fingerprint density at radius 1 is 0.931 bits per heavy atom. The fourth-order valence-electron chi connectivity index (χ4n) is 3.43. The summed E-state index contributed by atoms with van der Waals surface area (Å²) in [7, 11) is 1.62. The molecule has 0 saturated heterocycles. The van der Waals surface area contributed by atoms with Gasteiger partial charge in [-0.05, 0) is 55.3 Å². The molecule has 0 spiro atoms. The van der Waals surface area contributed by atoms with Gasteiger partial charge in [-0.15, -0.1) is 0 Å². The van der Waals surface area contributed by atoms with Gasteiger partial charge in [-0.3, -0.25) is 9.59 Å². The van der Waals surface area contributed by atoms with E-state index in [1.807, 2.05) is 6.07 Å². The van der Waals surface area contributed by atoms with Crippen molar-refractivity contribution in [2.45, 2.75) is 32.1 Å². The number of carbonyl (C=O) groups is 2. The highest BCUT2D eigenvalue weighted by atomic mass is 16.5. The molecule has 0 aromatic heterocycles. The third kappa shape index (κ3) is 6.32. The molecule has 2 N–H and O–H groups in total. The Bertz CT molecular complexity index is 814. The average Bonchev–Trinajstić information content (AvgIpc) is 2.76. The van der Waals surface area contributed by atoms with Crippen LogP contribution in [0.1, 0.15) is 42.5 Å². The monoisotopic (exact) mass is 396 g/mol. The molecule has 1 fully saturated rings. The maximum absolute atomic E-state index is 12.6. The van der Waals surface area contributed by atoms with E-state index in [1.165, 1.54) is 6.42 Å². The van der Waals surface area contributed by atoms with Gasteiger partial charge in [0.15, 0.2) is 0 Å². The topological polar surface area (TPSA) is 76.7 Å². The van der Waals surface area contributed by atoms with Gasteiger partial charge in [0.05, 0.1) is 6.61 Å². The number of amides is 2. The largest absolute Gasteiger partial charge is 0.491 e. The van der Waals surface area contributed by atoms with Crippen molar-refractivity contribution >= 4 is 23.2 Å². The number of nitrogens with one attached hydrogen (secondary N) is 2. The Morgan fingerprint density at radius 2 is 1.69 bits per heavy atom. The van der Waals surface area contributed by atoms with Crippen LogP contribution in [0.5, 0.6) is 5.75 Å². The summed E-state index contributed by atoms with van der Waals surface area (Å²) in [6, 6.07) is 14.2. The van der Waals surface area contributed by atoms with Crippen molar-refractivity contribution in [3.63, 3.8) is 0 Å². The lowest BCUT2D eigenvalue weighted by Crippen LogP contribution is -2.24. The van der Waals surface area contributed by atoms with Crippen LogP contribution in [-0.4, -0.2) is 32.1 Å². The maximum atomic E-state index is 12.6. The van der Waals surface area contributed by atoms with Gasteiger partial charge in [-0.2, -0.15) is 0 Å². The Hall–Kier alpha value is -2.86. The Morgan fingerprint density at radius 3 is 2.41 bits per heavy atom. The maximum Gasteiger partial charge on any atom is 0.255 e. The van der Waals surface area contributed by atoms with Gasteiger partial charge in [0.25, 0.3) is 5.91 Å². The van der Waals surface area contributed by atoms with E-state index in [0.717, 1.165) is 25.7 Å². The van der Waals surface area contributed by atoms with Crippen molar-refractivity contribution in [3.8, 4) is 5.75 Å². The summed E-state index contributed by atoms with van der Waals surface area (Å²) in [5.74, 6) is 0.608. The minimum atomic E-state index is -0.230. The molecule has 2 aromatic carbocycles. The number of anilines is 2. The van der Waals surface area contributed by atoms with Gasteiger partial charge in [0.1, 0.15) is 12.4 Å². The fraction of sp³-hybridized carbons (Fsp3) is 0.391. The third-order valence-corrected chi connectivity index (χ3v) is 5.04. The highest BCUT2D eigenvalue weighted by Crippen LogP contribution is 2.25. The lowest BCUT2D eigenvalue weighted by atomic mass is 9.88. The number of benzene rings is 2. The predicted molar refractivity (Wildman–Crippen MR) is 113 cm³/mol. The van der Waals surface area contributed by atoms with Gasteiger partial charge in [-0.1, -0.05) is 25.3 Å². The third-order valence-electron chi connectivity index (χ3n) is 5.04. The molecule has 2 amide bonds. The first-order valence-electron chi connectivity index (χ1n) is 10.1. The zero-order chi connectivity index (χ0) is 20.5. The Labute approximate surface area is 171 Å². The number of hydrogen-bond acceptors (Lipinski definition) is 4. The minimum Gasteiger partial charge on any atom is -0.491 e. The second kappa shape index (κ2) is 10.6. The van der Waals surface area contributed by atoms with Crippen molar-refractivity contribution in [1.82, 2.24) is 0 Å². The van der Waals surface area contributed by atoms with Gasteiger partial charge in [0.2, 0.25) is 5.91 Å². The van der Waals surface area contributed by atoms with Crippen LogP contribution >= 0.6 is 0 Å². The summed E-state index contributed by atoms with van der Waals surface area (Å²) in [5, 5.41) is 5.82. The summed E-state index contributed by atoms with van der Waals surface area (Å²) in [5.41, 5.74) is 1.81. The van der Waals surface area contributed by atoms with E-state index in [-0.39, 0.29) is 17.7 Å². The summed E-state index contributed by atoms with van der Waals surface area (Å²) >= 11 is 0. The van der Waals surface area contributed by atoms with E-state index >= 15 is 0 Å². The van der Waals surface area contributed by atoms with Crippen molar-refractivity contribution in [2.75, 3.05) is 31.0 Å². The normalized spacial score (nSPS) is 14.2. The molecule has 0 heterocycles. The molecular formula is C23H28N2O4. The number of methoxy groups -OCH3 is 1. The molecule has 1 aliphatic carbocycles. The van der Waals surface area contributed by atoms with Gasteiger partial charge < -0.3 is 20.1 Å².